The summed E-state index contributed by atoms with van der Waals surface area (Å²) in [6.45, 7) is 7.25. The maximum Gasteiger partial charge on any atom is 0.123 e. The van der Waals surface area contributed by atoms with Crippen LogP contribution in [0.25, 0.3) is 0 Å². The van der Waals surface area contributed by atoms with E-state index in [9.17, 15) is 4.39 Å². The van der Waals surface area contributed by atoms with Crippen LogP contribution in [0.4, 0.5) is 4.39 Å². The molecule has 0 bridgehead atoms. The van der Waals surface area contributed by atoms with E-state index < -0.39 is 0 Å². The Bertz CT molecular complexity index is 449. The summed E-state index contributed by atoms with van der Waals surface area (Å²) in [5, 5.41) is 3.67. The van der Waals surface area contributed by atoms with Crippen LogP contribution in [0.5, 0.6) is 0 Å². The Morgan fingerprint density at radius 2 is 1.79 bits per heavy atom. The van der Waals surface area contributed by atoms with Crippen molar-refractivity contribution < 1.29 is 4.39 Å². The molecule has 1 aromatic carbocycles. The lowest BCUT2D eigenvalue weighted by Gasteiger charge is -2.24. The van der Waals surface area contributed by atoms with E-state index in [0.717, 1.165) is 35.4 Å². The van der Waals surface area contributed by atoms with E-state index in [1.54, 1.807) is 12.1 Å². The molecule has 0 amide bonds. The maximum absolute atomic E-state index is 13.5. The molecule has 2 heteroatoms. The molecule has 3 unspecified atom stereocenters. The number of rotatable bonds is 4. The van der Waals surface area contributed by atoms with E-state index in [-0.39, 0.29) is 5.82 Å². The summed E-state index contributed by atoms with van der Waals surface area (Å²) in [7, 11) is 0. The molecule has 2 saturated carbocycles. The molecule has 1 nitrogen and oxygen atoms in total. The minimum atomic E-state index is -0.106. The Hall–Kier alpha value is -0.890. The predicted molar refractivity (Wildman–Crippen MR) is 76.6 cm³/mol. The standard InChI is InChI=1S/C17H24FN/c1-4-19-17(16-13-6-5-7-14(13)16)15-10(2)8-12(18)9-11(15)3/h8-9,13-14,16-17,19H,4-7H2,1-3H3. The second kappa shape index (κ2) is 4.90. The monoisotopic (exact) mass is 261 g/mol. The number of aryl methyl sites for hydroxylation is 2. The fourth-order valence-electron chi connectivity index (χ4n) is 4.43. The van der Waals surface area contributed by atoms with Crippen LogP contribution in [0.3, 0.4) is 0 Å². The number of halogens is 1. The second-order valence-electron chi connectivity index (χ2n) is 6.32. The molecule has 2 aliphatic rings. The molecule has 1 N–H and O–H groups in total. The predicted octanol–water partition coefficient (Wildman–Crippen LogP) is 4.14. The van der Waals surface area contributed by atoms with E-state index in [1.165, 1.54) is 24.8 Å². The molecule has 2 fully saturated rings. The lowest BCUT2D eigenvalue weighted by atomic mass is 9.90. The quantitative estimate of drug-likeness (QED) is 0.859. The lowest BCUT2D eigenvalue weighted by Crippen LogP contribution is -2.26. The van der Waals surface area contributed by atoms with Crippen LogP contribution in [0, 0.1) is 37.4 Å². The summed E-state index contributed by atoms with van der Waals surface area (Å²) in [6.07, 6.45) is 4.21. The van der Waals surface area contributed by atoms with Gasteiger partial charge in [0.25, 0.3) is 0 Å². The average Bonchev–Trinajstić information content (AvgIpc) is 2.79. The van der Waals surface area contributed by atoms with Gasteiger partial charge in [-0.3, -0.25) is 0 Å². The number of benzene rings is 1. The molecule has 0 spiro atoms. The van der Waals surface area contributed by atoms with Crippen LogP contribution in [-0.4, -0.2) is 6.54 Å². The van der Waals surface area contributed by atoms with Gasteiger partial charge < -0.3 is 5.32 Å². The van der Waals surface area contributed by atoms with Crippen LogP contribution in [0.1, 0.15) is 48.9 Å². The Kier molecular flexibility index (Phi) is 3.38. The third-order valence-corrected chi connectivity index (χ3v) is 5.15. The summed E-state index contributed by atoms with van der Waals surface area (Å²) in [6, 6.07) is 3.80. The van der Waals surface area contributed by atoms with Gasteiger partial charge >= 0.3 is 0 Å². The normalized spacial score (nSPS) is 30.2. The van der Waals surface area contributed by atoms with E-state index in [2.05, 4.69) is 12.2 Å². The molecule has 3 rings (SSSR count). The van der Waals surface area contributed by atoms with Gasteiger partial charge in [0.2, 0.25) is 0 Å². The van der Waals surface area contributed by atoms with Crippen LogP contribution in [0.2, 0.25) is 0 Å². The van der Waals surface area contributed by atoms with Gasteiger partial charge in [0.15, 0.2) is 0 Å². The van der Waals surface area contributed by atoms with Crippen molar-refractivity contribution in [3.05, 3.63) is 34.6 Å². The molecule has 104 valence electrons. The van der Waals surface area contributed by atoms with Crippen molar-refractivity contribution in [2.75, 3.05) is 6.54 Å². The molecular formula is C17H24FN. The highest BCUT2D eigenvalue weighted by Crippen LogP contribution is 2.62. The molecule has 3 atom stereocenters. The summed E-state index contributed by atoms with van der Waals surface area (Å²) in [4.78, 5) is 0. The zero-order valence-corrected chi connectivity index (χ0v) is 12.2. The van der Waals surface area contributed by atoms with Crippen LogP contribution in [-0.2, 0) is 0 Å². The van der Waals surface area contributed by atoms with Crippen molar-refractivity contribution in [2.45, 2.75) is 46.1 Å². The van der Waals surface area contributed by atoms with Crippen LogP contribution < -0.4 is 5.32 Å². The lowest BCUT2D eigenvalue weighted by molar-refractivity contribution is 0.422. The van der Waals surface area contributed by atoms with Gasteiger partial charge in [0.1, 0.15) is 5.82 Å². The first-order valence-electron chi connectivity index (χ1n) is 7.63. The number of nitrogens with one attached hydrogen (secondary N) is 1. The topological polar surface area (TPSA) is 12.0 Å². The fraction of sp³-hybridized carbons (Fsp3) is 0.647. The Morgan fingerprint density at radius 1 is 1.21 bits per heavy atom. The number of fused-ring (bicyclic) bond motifs is 1. The Labute approximate surface area is 115 Å². The van der Waals surface area contributed by atoms with Crippen molar-refractivity contribution in [3.63, 3.8) is 0 Å². The maximum atomic E-state index is 13.5. The SMILES string of the molecule is CCNC(c1c(C)cc(F)cc1C)C1C2CCCC21. The molecule has 19 heavy (non-hydrogen) atoms. The first-order chi connectivity index (χ1) is 9.13. The molecule has 0 aromatic heterocycles. The first-order valence-corrected chi connectivity index (χ1v) is 7.63. The van der Waals surface area contributed by atoms with Gasteiger partial charge in [-0.1, -0.05) is 13.3 Å². The Balaban J connectivity index is 1.92. The summed E-state index contributed by atoms with van der Waals surface area (Å²) in [5.74, 6) is 2.53. The molecule has 0 saturated heterocycles. The third kappa shape index (κ3) is 2.20. The molecule has 0 aliphatic heterocycles. The van der Waals surface area contributed by atoms with E-state index in [1.807, 2.05) is 13.8 Å². The second-order valence-corrected chi connectivity index (χ2v) is 6.32. The zero-order valence-electron chi connectivity index (χ0n) is 12.2. The van der Waals surface area contributed by atoms with Gasteiger partial charge in [-0.05, 0) is 79.8 Å². The number of hydrogen-bond acceptors (Lipinski definition) is 1. The van der Waals surface area contributed by atoms with E-state index in [4.69, 9.17) is 0 Å². The summed E-state index contributed by atoms with van der Waals surface area (Å²) in [5.41, 5.74) is 3.56. The van der Waals surface area contributed by atoms with Crippen LogP contribution in [0.15, 0.2) is 12.1 Å². The zero-order chi connectivity index (χ0) is 13.6. The van der Waals surface area contributed by atoms with E-state index >= 15 is 0 Å². The highest BCUT2D eigenvalue weighted by atomic mass is 19.1. The average molecular weight is 261 g/mol. The fourth-order valence-corrected chi connectivity index (χ4v) is 4.43. The highest BCUT2D eigenvalue weighted by Gasteiger charge is 2.56. The molecule has 1 aromatic rings. The smallest absolute Gasteiger partial charge is 0.123 e. The number of hydrogen-bond donors (Lipinski definition) is 1. The van der Waals surface area contributed by atoms with Gasteiger partial charge in [0, 0.05) is 6.04 Å². The molecular weight excluding hydrogens is 237 g/mol. The summed E-state index contributed by atoms with van der Waals surface area (Å²) >= 11 is 0. The molecule has 0 radical (unpaired) electrons. The van der Waals surface area contributed by atoms with Crippen LogP contribution >= 0.6 is 0 Å². The minimum absolute atomic E-state index is 0.106. The summed E-state index contributed by atoms with van der Waals surface area (Å²) < 4.78 is 13.5. The molecule has 2 aliphatic carbocycles. The van der Waals surface area contributed by atoms with Gasteiger partial charge in [-0.15, -0.1) is 0 Å². The Morgan fingerprint density at radius 3 is 2.32 bits per heavy atom. The van der Waals surface area contributed by atoms with Gasteiger partial charge in [0.05, 0.1) is 0 Å². The van der Waals surface area contributed by atoms with Crippen molar-refractivity contribution in [1.29, 1.82) is 0 Å². The van der Waals surface area contributed by atoms with Gasteiger partial charge in [-0.25, -0.2) is 4.39 Å². The first kappa shape index (κ1) is 13.1. The molecule has 0 heterocycles. The largest absolute Gasteiger partial charge is 0.310 e. The van der Waals surface area contributed by atoms with E-state index in [0.29, 0.717) is 6.04 Å². The van der Waals surface area contributed by atoms with Crippen molar-refractivity contribution in [3.8, 4) is 0 Å². The third-order valence-electron chi connectivity index (χ3n) is 5.15. The van der Waals surface area contributed by atoms with Gasteiger partial charge in [-0.2, -0.15) is 0 Å². The minimum Gasteiger partial charge on any atom is -0.310 e. The van der Waals surface area contributed by atoms with Crippen molar-refractivity contribution >= 4 is 0 Å². The highest BCUT2D eigenvalue weighted by molar-refractivity contribution is 5.38. The van der Waals surface area contributed by atoms with Crippen molar-refractivity contribution in [1.82, 2.24) is 5.32 Å². The van der Waals surface area contributed by atoms with Crippen molar-refractivity contribution in [2.24, 2.45) is 17.8 Å².